The largest absolute Gasteiger partial charge is 0.497 e. The maximum absolute atomic E-state index is 14.2. The molecule has 0 saturated carbocycles. The third kappa shape index (κ3) is 3.51. The van der Waals surface area contributed by atoms with E-state index in [1.807, 2.05) is 42.5 Å². The van der Waals surface area contributed by atoms with Gasteiger partial charge >= 0.3 is 0 Å². The summed E-state index contributed by atoms with van der Waals surface area (Å²) in [6.45, 7) is 0.754. The van der Waals surface area contributed by atoms with Crippen LogP contribution in [0.4, 0.5) is 5.69 Å². The first-order valence-corrected chi connectivity index (χ1v) is 12.2. The van der Waals surface area contributed by atoms with E-state index in [0.29, 0.717) is 40.9 Å². The maximum Gasteiger partial charge on any atom is 0.268 e. The normalized spacial score (nSPS) is 19.0. The molecule has 0 radical (unpaired) electrons. The van der Waals surface area contributed by atoms with Gasteiger partial charge in [0, 0.05) is 28.4 Å². The summed E-state index contributed by atoms with van der Waals surface area (Å²) in [5.74, 6) is 1.48. The van der Waals surface area contributed by atoms with Crippen LogP contribution in [-0.2, 0) is 16.2 Å². The Labute approximate surface area is 207 Å². The molecule has 174 valence electrons. The Balaban J connectivity index is 1.61. The maximum atomic E-state index is 14.2. The molecule has 2 aliphatic heterocycles. The molecule has 34 heavy (non-hydrogen) atoms. The predicted octanol–water partition coefficient (Wildman–Crippen LogP) is 4.95. The first kappa shape index (κ1) is 22.6. The molecule has 8 heteroatoms. The van der Waals surface area contributed by atoms with Crippen molar-refractivity contribution >= 4 is 40.9 Å². The third-order valence-corrected chi connectivity index (χ3v) is 8.04. The monoisotopic (exact) mass is 494 g/mol. The number of benzene rings is 3. The lowest BCUT2D eigenvalue weighted by molar-refractivity contribution is -0.123. The van der Waals surface area contributed by atoms with Gasteiger partial charge < -0.3 is 19.3 Å². The first-order chi connectivity index (χ1) is 16.5. The average Bonchev–Trinajstić information content (AvgIpc) is 3.41. The van der Waals surface area contributed by atoms with Crippen molar-refractivity contribution in [3.05, 3.63) is 88.4 Å². The quantitative estimate of drug-likeness (QED) is 0.502. The molecule has 3 aromatic rings. The van der Waals surface area contributed by atoms with Gasteiger partial charge in [0.1, 0.15) is 11.5 Å². The summed E-state index contributed by atoms with van der Waals surface area (Å²) in [5.41, 5.74) is 2.82. The fraction of sp³-hybridized carbons (Fsp3) is 0.231. The van der Waals surface area contributed by atoms with Crippen LogP contribution in [0.1, 0.15) is 21.5 Å². The summed E-state index contributed by atoms with van der Waals surface area (Å²) >= 11 is 7.90. The van der Waals surface area contributed by atoms with E-state index in [1.165, 1.54) is 11.8 Å². The fourth-order valence-electron chi connectivity index (χ4n) is 4.59. The number of thioether (sulfide) groups is 1. The van der Waals surface area contributed by atoms with Gasteiger partial charge in [0.2, 0.25) is 0 Å². The molecule has 1 fully saturated rings. The molecule has 5 rings (SSSR count). The van der Waals surface area contributed by atoms with E-state index in [9.17, 15) is 9.59 Å². The number of hydrogen-bond donors (Lipinski definition) is 0. The number of methoxy groups -OCH3 is 2. The van der Waals surface area contributed by atoms with Gasteiger partial charge in [-0.3, -0.25) is 9.59 Å². The van der Waals surface area contributed by atoms with E-state index in [1.54, 1.807) is 48.3 Å². The van der Waals surface area contributed by atoms with Crippen molar-refractivity contribution in [2.45, 2.75) is 11.4 Å². The molecule has 0 bridgehead atoms. The standard InChI is InChI=1S/C26H23ClN2O4S/c1-32-19-8-5-7-17(14-19)24(30)29-12-13-34-26(29)21-15-20(33-2)10-11-23(21)28(25(26)31)16-18-6-3-4-9-22(18)27/h3-11,14-15H,12-13,16H2,1-2H3/t26-/m1/s1. The highest BCUT2D eigenvalue weighted by molar-refractivity contribution is 8.01. The Morgan fingerprint density at radius 2 is 1.79 bits per heavy atom. The van der Waals surface area contributed by atoms with Crippen molar-refractivity contribution in [3.63, 3.8) is 0 Å². The van der Waals surface area contributed by atoms with E-state index < -0.39 is 4.87 Å². The SMILES string of the molecule is COc1cccc(C(=O)N2CCS[C@]23C(=O)N(Cc2ccccc2Cl)c2ccc(OC)cc23)c1. The highest BCUT2D eigenvalue weighted by atomic mass is 35.5. The highest BCUT2D eigenvalue weighted by Gasteiger charge is 2.59. The van der Waals surface area contributed by atoms with Gasteiger partial charge in [0.25, 0.3) is 11.8 Å². The number of hydrogen-bond acceptors (Lipinski definition) is 5. The van der Waals surface area contributed by atoms with E-state index in [0.717, 1.165) is 16.8 Å². The molecule has 1 saturated heterocycles. The minimum Gasteiger partial charge on any atom is -0.497 e. The summed E-state index contributed by atoms with van der Waals surface area (Å²) in [6, 6.07) is 20.1. The predicted molar refractivity (Wildman–Crippen MR) is 134 cm³/mol. The minimum atomic E-state index is -1.18. The molecule has 0 N–H and O–H groups in total. The van der Waals surface area contributed by atoms with E-state index in [4.69, 9.17) is 21.1 Å². The van der Waals surface area contributed by atoms with Crippen molar-refractivity contribution in [2.75, 3.05) is 31.4 Å². The van der Waals surface area contributed by atoms with Crippen LogP contribution >= 0.6 is 23.4 Å². The summed E-state index contributed by atoms with van der Waals surface area (Å²) in [7, 11) is 3.15. The van der Waals surface area contributed by atoms with Crippen molar-refractivity contribution < 1.29 is 19.1 Å². The summed E-state index contributed by atoms with van der Waals surface area (Å²) < 4.78 is 10.8. The van der Waals surface area contributed by atoms with Gasteiger partial charge in [0.05, 0.1) is 26.5 Å². The first-order valence-electron chi connectivity index (χ1n) is 10.8. The van der Waals surface area contributed by atoms with Crippen LogP contribution in [0.5, 0.6) is 11.5 Å². The van der Waals surface area contributed by atoms with Crippen LogP contribution in [0.2, 0.25) is 5.02 Å². The smallest absolute Gasteiger partial charge is 0.268 e. The zero-order valence-corrected chi connectivity index (χ0v) is 20.4. The molecule has 2 aliphatic rings. The number of halogens is 1. The lowest BCUT2D eigenvalue weighted by atomic mass is 10.0. The Bertz CT molecular complexity index is 1280. The van der Waals surface area contributed by atoms with Crippen molar-refractivity contribution in [1.82, 2.24) is 4.90 Å². The third-order valence-electron chi connectivity index (χ3n) is 6.25. The molecule has 1 spiro atoms. The number of nitrogens with zero attached hydrogens (tertiary/aromatic N) is 2. The van der Waals surface area contributed by atoms with Gasteiger partial charge in [-0.25, -0.2) is 0 Å². The molecular weight excluding hydrogens is 472 g/mol. The molecule has 0 unspecified atom stereocenters. The summed E-state index contributed by atoms with van der Waals surface area (Å²) in [6.07, 6.45) is 0. The molecule has 0 aliphatic carbocycles. The van der Waals surface area contributed by atoms with E-state index in [2.05, 4.69) is 0 Å². The van der Waals surface area contributed by atoms with Crippen LogP contribution < -0.4 is 14.4 Å². The van der Waals surface area contributed by atoms with Crippen LogP contribution in [0.15, 0.2) is 66.7 Å². The van der Waals surface area contributed by atoms with Crippen LogP contribution in [0, 0.1) is 0 Å². The molecule has 2 heterocycles. The Morgan fingerprint density at radius 3 is 2.56 bits per heavy atom. The minimum absolute atomic E-state index is 0.158. The number of fused-ring (bicyclic) bond motifs is 2. The van der Waals surface area contributed by atoms with Gasteiger partial charge in [-0.05, 0) is 48.0 Å². The van der Waals surface area contributed by atoms with Gasteiger partial charge in [-0.2, -0.15) is 0 Å². The number of carbonyl (C=O) groups is 2. The Hall–Kier alpha value is -3.16. The Morgan fingerprint density at radius 1 is 1.03 bits per heavy atom. The van der Waals surface area contributed by atoms with Crippen LogP contribution in [0.3, 0.4) is 0 Å². The molecule has 0 aromatic heterocycles. The summed E-state index contributed by atoms with van der Waals surface area (Å²) in [4.78, 5) is 30.1. The van der Waals surface area contributed by atoms with Gasteiger partial charge in [-0.1, -0.05) is 35.9 Å². The lowest BCUT2D eigenvalue weighted by Crippen LogP contribution is -2.50. The molecular formula is C26H23ClN2O4S. The van der Waals surface area contributed by atoms with Crippen molar-refractivity contribution in [1.29, 1.82) is 0 Å². The number of rotatable bonds is 5. The topological polar surface area (TPSA) is 59.1 Å². The fourth-order valence-corrected chi connectivity index (χ4v) is 6.23. The van der Waals surface area contributed by atoms with Crippen molar-refractivity contribution in [2.24, 2.45) is 0 Å². The molecule has 2 amide bonds. The lowest BCUT2D eigenvalue weighted by Gasteiger charge is -2.33. The van der Waals surface area contributed by atoms with Crippen LogP contribution in [0.25, 0.3) is 0 Å². The molecule has 6 nitrogen and oxygen atoms in total. The van der Waals surface area contributed by atoms with E-state index >= 15 is 0 Å². The Kier molecular flexibility index (Phi) is 5.91. The average molecular weight is 495 g/mol. The number of amides is 2. The zero-order valence-electron chi connectivity index (χ0n) is 18.8. The second kappa shape index (κ2) is 8.89. The highest BCUT2D eigenvalue weighted by Crippen LogP contribution is 2.55. The van der Waals surface area contributed by atoms with Crippen LogP contribution in [-0.4, -0.2) is 43.2 Å². The van der Waals surface area contributed by atoms with Gasteiger partial charge in [-0.15, -0.1) is 11.8 Å². The second-order valence-electron chi connectivity index (χ2n) is 8.05. The molecule has 1 atom stereocenters. The second-order valence-corrected chi connectivity index (χ2v) is 9.74. The van der Waals surface area contributed by atoms with E-state index in [-0.39, 0.29) is 11.8 Å². The number of carbonyl (C=O) groups excluding carboxylic acids is 2. The molecule has 3 aromatic carbocycles. The van der Waals surface area contributed by atoms with Crippen molar-refractivity contribution in [3.8, 4) is 11.5 Å². The zero-order chi connectivity index (χ0) is 23.9. The number of ether oxygens (including phenoxy) is 2. The number of anilines is 1. The van der Waals surface area contributed by atoms with Gasteiger partial charge in [0.15, 0.2) is 4.87 Å². The summed E-state index contributed by atoms with van der Waals surface area (Å²) in [5, 5.41) is 0.592.